The maximum absolute atomic E-state index is 13.9. The molecule has 0 bridgehead atoms. The number of hydrogen-bond acceptors (Lipinski definition) is 3. The van der Waals surface area contributed by atoms with Crippen molar-refractivity contribution in [3.8, 4) is 0 Å². The first-order chi connectivity index (χ1) is 12.7. The largest absolute Gasteiger partial charge is 0.378 e. The molecule has 4 rings (SSSR count). The standard InChI is InChI=1S/C21H23FN2O2/c22-19-7-3-2-6-16(19)17-13-18(17)21(25)23-14-15-5-1-4-8-20(15)24-9-11-26-12-10-24/h1-8,17-18H,9-14H2,(H,23,25)/t17-,18-/m1/s1. The Labute approximate surface area is 153 Å². The number of morpholine rings is 1. The van der Waals surface area contributed by atoms with Gasteiger partial charge in [0, 0.05) is 31.2 Å². The van der Waals surface area contributed by atoms with Crippen LogP contribution in [0.4, 0.5) is 10.1 Å². The van der Waals surface area contributed by atoms with Gasteiger partial charge in [0.25, 0.3) is 0 Å². The summed E-state index contributed by atoms with van der Waals surface area (Å²) in [6.45, 7) is 3.68. The number of carbonyl (C=O) groups is 1. The molecule has 2 aliphatic rings. The molecular weight excluding hydrogens is 331 g/mol. The first kappa shape index (κ1) is 17.0. The van der Waals surface area contributed by atoms with Crippen molar-refractivity contribution >= 4 is 11.6 Å². The molecule has 0 aromatic heterocycles. The van der Waals surface area contributed by atoms with Crippen molar-refractivity contribution in [3.05, 3.63) is 65.5 Å². The molecule has 1 saturated carbocycles. The fourth-order valence-electron chi connectivity index (χ4n) is 3.69. The maximum atomic E-state index is 13.9. The second kappa shape index (κ2) is 7.46. The Kier molecular flexibility index (Phi) is 4.89. The van der Waals surface area contributed by atoms with Crippen LogP contribution in [-0.4, -0.2) is 32.2 Å². The van der Waals surface area contributed by atoms with E-state index < -0.39 is 0 Å². The Morgan fingerprint density at radius 1 is 1.12 bits per heavy atom. The Hall–Kier alpha value is -2.40. The van der Waals surface area contributed by atoms with E-state index in [-0.39, 0.29) is 23.6 Å². The lowest BCUT2D eigenvalue weighted by Crippen LogP contribution is -2.37. The van der Waals surface area contributed by atoms with E-state index in [0.717, 1.165) is 44.0 Å². The Bertz CT molecular complexity index is 789. The first-order valence-electron chi connectivity index (χ1n) is 9.17. The summed E-state index contributed by atoms with van der Waals surface area (Å²) in [6.07, 6.45) is 0.720. The van der Waals surface area contributed by atoms with Crippen molar-refractivity contribution in [2.24, 2.45) is 5.92 Å². The third-order valence-corrected chi connectivity index (χ3v) is 5.23. The van der Waals surface area contributed by atoms with Gasteiger partial charge in [-0.05, 0) is 35.6 Å². The van der Waals surface area contributed by atoms with Crippen molar-refractivity contribution in [1.82, 2.24) is 5.32 Å². The molecule has 0 unspecified atom stereocenters. The summed E-state index contributed by atoms with van der Waals surface area (Å²) in [5, 5.41) is 3.04. The van der Waals surface area contributed by atoms with E-state index in [0.29, 0.717) is 12.1 Å². The highest BCUT2D eigenvalue weighted by molar-refractivity contribution is 5.83. The van der Waals surface area contributed by atoms with Crippen LogP contribution in [0.5, 0.6) is 0 Å². The number of carbonyl (C=O) groups excluding carboxylic acids is 1. The van der Waals surface area contributed by atoms with Crippen molar-refractivity contribution < 1.29 is 13.9 Å². The molecule has 1 aliphatic carbocycles. The molecule has 5 heteroatoms. The minimum atomic E-state index is -0.217. The monoisotopic (exact) mass is 354 g/mol. The fraction of sp³-hybridized carbons (Fsp3) is 0.381. The van der Waals surface area contributed by atoms with Gasteiger partial charge in [-0.15, -0.1) is 0 Å². The van der Waals surface area contributed by atoms with E-state index in [1.807, 2.05) is 24.3 Å². The molecule has 1 heterocycles. The molecule has 2 fully saturated rings. The van der Waals surface area contributed by atoms with Crippen LogP contribution in [0, 0.1) is 11.7 Å². The molecule has 26 heavy (non-hydrogen) atoms. The molecule has 136 valence electrons. The van der Waals surface area contributed by atoms with Crippen LogP contribution < -0.4 is 10.2 Å². The minimum absolute atomic E-state index is 0.00527. The lowest BCUT2D eigenvalue weighted by atomic mass is 10.1. The lowest BCUT2D eigenvalue weighted by molar-refractivity contribution is -0.122. The van der Waals surface area contributed by atoms with Gasteiger partial charge >= 0.3 is 0 Å². The summed E-state index contributed by atoms with van der Waals surface area (Å²) >= 11 is 0. The second-order valence-corrected chi connectivity index (χ2v) is 6.92. The van der Waals surface area contributed by atoms with Crippen LogP contribution in [0.1, 0.15) is 23.5 Å². The molecule has 2 aromatic rings. The van der Waals surface area contributed by atoms with Gasteiger partial charge in [0.15, 0.2) is 0 Å². The molecule has 1 aliphatic heterocycles. The fourth-order valence-corrected chi connectivity index (χ4v) is 3.69. The van der Waals surface area contributed by atoms with Gasteiger partial charge in [-0.1, -0.05) is 36.4 Å². The number of nitrogens with zero attached hydrogens (tertiary/aromatic N) is 1. The quantitative estimate of drug-likeness (QED) is 0.897. The number of halogens is 1. The third kappa shape index (κ3) is 3.58. The molecule has 0 spiro atoms. The predicted octanol–water partition coefficient (Wildman–Crippen LogP) is 3.08. The maximum Gasteiger partial charge on any atom is 0.224 e. The topological polar surface area (TPSA) is 41.6 Å². The number of ether oxygens (including phenoxy) is 1. The molecule has 0 radical (unpaired) electrons. The van der Waals surface area contributed by atoms with Gasteiger partial charge in [0.1, 0.15) is 5.82 Å². The molecule has 4 nitrogen and oxygen atoms in total. The van der Waals surface area contributed by atoms with Gasteiger partial charge in [-0.2, -0.15) is 0 Å². The van der Waals surface area contributed by atoms with Crippen molar-refractivity contribution in [3.63, 3.8) is 0 Å². The molecule has 1 saturated heterocycles. The van der Waals surface area contributed by atoms with Crippen molar-refractivity contribution in [2.45, 2.75) is 18.9 Å². The van der Waals surface area contributed by atoms with Crippen LogP contribution in [0.15, 0.2) is 48.5 Å². The Morgan fingerprint density at radius 2 is 1.85 bits per heavy atom. The minimum Gasteiger partial charge on any atom is -0.378 e. The van der Waals surface area contributed by atoms with E-state index in [9.17, 15) is 9.18 Å². The predicted molar refractivity (Wildman–Crippen MR) is 98.6 cm³/mol. The van der Waals surface area contributed by atoms with Crippen molar-refractivity contribution in [2.75, 3.05) is 31.2 Å². The SMILES string of the molecule is O=C(NCc1ccccc1N1CCOCC1)[C@@H]1C[C@@H]1c1ccccc1F. The normalized spacial score (nSPS) is 22.1. The van der Waals surface area contributed by atoms with E-state index in [1.54, 1.807) is 12.1 Å². The third-order valence-electron chi connectivity index (χ3n) is 5.23. The van der Waals surface area contributed by atoms with Crippen LogP contribution in [-0.2, 0) is 16.1 Å². The highest BCUT2D eigenvalue weighted by Gasteiger charge is 2.44. The van der Waals surface area contributed by atoms with Crippen LogP contribution in [0.25, 0.3) is 0 Å². The highest BCUT2D eigenvalue weighted by Crippen LogP contribution is 2.48. The van der Waals surface area contributed by atoms with Crippen LogP contribution in [0.3, 0.4) is 0 Å². The molecule has 1 amide bonds. The number of amides is 1. The van der Waals surface area contributed by atoms with E-state index in [4.69, 9.17) is 4.74 Å². The average molecular weight is 354 g/mol. The van der Waals surface area contributed by atoms with E-state index >= 15 is 0 Å². The number of rotatable bonds is 5. The van der Waals surface area contributed by atoms with E-state index in [1.165, 1.54) is 6.07 Å². The van der Waals surface area contributed by atoms with Gasteiger partial charge in [0.05, 0.1) is 13.2 Å². The summed E-state index contributed by atoms with van der Waals surface area (Å²) in [7, 11) is 0. The number of hydrogen-bond donors (Lipinski definition) is 1. The van der Waals surface area contributed by atoms with Crippen molar-refractivity contribution in [1.29, 1.82) is 0 Å². The Morgan fingerprint density at radius 3 is 2.65 bits per heavy atom. The van der Waals surface area contributed by atoms with Crippen LogP contribution >= 0.6 is 0 Å². The summed E-state index contributed by atoms with van der Waals surface area (Å²) in [6, 6.07) is 14.9. The van der Waals surface area contributed by atoms with E-state index in [2.05, 4.69) is 16.3 Å². The zero-order valence-corrected chi connectivity index (χ0v) is 14.7. The zero-order valence-electron chi connectivity index (χ0n) is 14.7. The molecule has 1 N–H and O–H groups in total. The summed E-state index contributed by atoms with van der Waals surface area (Å²) < 4.78 is 19.3. The lowest BCUT2D eigenvalue weighted by Gasteiger charge is -2.30. The number of benzene rings is 2. The summed E-state index contributed by atoms with van der Waals surface area (Å²) in [5.74, 6) is -0.325. The zero-order chi connectivity index (χ0) is 17.9. The smallest absolute Gasteiger partial charge is 0.224 e. The van der Waals surface area contributed by atoms with Crippen LogP contribution in [0.2, 0.25) is 0 Å². The van der Waals surface area contributed by atoms with Gasteiger partial charge < -0.3 is 15.0 Å². The van der Waals surface area contributed by atoms with Gasteiger partial charge in [-0.3, -0.25) is 4.79 Å². The second-order valence-electron chi connectivity index (χ2n) is 6.92. The summed E-state index contributed by atoms with van der Waals surface area (Å²) in [5.41, 5.74) is 2.91. The molecule has 2 atom stereocenters. The molecule has 2 aromatic carbocycles. The molecular formula is C21H23FN2O2. The van der Waals surface area contributed by atoms with Gasteiger partial charge in [-0.25, -0.2) is 4.39 Å². The Balaban J connectivity index is 1.38. The summed E-state index contributed by atoms with van der Waals surface area (Å²) in [4.78, 5) is 14.8. The number of anilines is 1. The highest BCUT2D eigenvalue weighted by atomic mass is 19.1. The first-order valence-corrected chi connectivity index (χ1v) is 9.17. The number of para-hydroxylation sites is 1. The van der Waals surface area contributed by atoms with Gasteiger partial charge in [0.2, 0.25) is 5.91 Å². The number of nitrogens with one attached hydrogen (secondary N) is 1. The average Bonchev–Trinajstić information content (AvgIpc) is 3.48.